The van der Waals surface area contributed by atoms with Gasteiger partial charge >= 0.3 is 12.2 Å². The van der Waals surface area contributed by atoms with Crippen LogP contribution in [0.3, 0.4) is 0 Å². The summed E-state index contributed by atoms with van der Waals surface area (Å²) < 4.78 is 15.8. The highest BCUT2D eigenvalue weighted by molar-refractivity contribution is 7.80. The molecule has 0 fully saturated rings. The number of hydrogen-bond acceptors (Lipinski definition) is 10. The summed E-state index contributed by atoms with van der Waals surface area (Å²) in [6.45, 7) is 1.45. The summed E-state index contributed by atoms with van der Waals surface area (Å²) in [4.78, 5) is 39.4. The fraction of sp³-hybridized carbons (Fsp3) is 0.176. The number of hydrogen-bond donors (Lipinski definition) is 6. The maximum Gasteiger partial charge on any atom is 0.411 e. The number of anilines is 4. The SMILES string of the molecule is N#COc1ccc2c(c1)Cc1cc(NC(=O)OCCCNC(=S)Nc3ccc4c(c3)Cc3cc(NC(=S)NCCCOC(=O)Nc5ccc6c(c5)Cc5cc(N=C=O)ccc5-6)ccc3-4)ccc1-2. The number of amides is 2. The number of carbonyl (C=O) groups is 2. The number of nitrogens with zero attached hydrogens (tertiary/aromatic N) is 2. The number of aliphatic imine (C=N–C) groups is 1. The van der Waals surface area contributed by atoms with Crippen molar-refractivity contribution < 1.29 is 28.6 Å². The highest BCUT2D eigenvalue weighted by Gasteiger charge is 2.23. The zero-order chi connectivity index (χ0) is 46.3. The Hall–Kier alpha value is -8.09. The molecule has 67 heavy (non-hydrogen) atoms. The molecule has 0 radical (unpaired) electrons. The van der Waals surface area contributed by atoms with Gasteiger partial charge in [-0.1, -0.05) is 36.4 Å². The van der Waals surface area contributed by atoms with E-state index in [2.05, 4.69) is 61.2 Å². The number of carbonyl (C=O) groups excluding carboxylic acids is 3. The van der Waals surface area contributed by atoms with Crippen LogP contribution in [0, 0.1) is 11.5 Å². The first-order valence-corrected chi connectivity index (χ1v) is 22.4. The van der Waals surface area contributed by atoms with Crippen molar-refractivity contribution >= 4 is 81.4 Å². The number of rotatable bonds is 14. The van der Waals surface area contributed by atoms with E-state index in [4.69, 9.17) is 43.9 Å². The molecule has 6 N–H and O–H groups in total. The molecule has 0 saturated heterocycles. The average molecular weight is 927 g/mol. The standard InChI is InChI=1S/C51H42N8O6S2/c52-28-65-41-8-14-47-35(27-41)21-34-26-40(7-13-46(34)47)59-51(62)64-18-2-16-54-49(67)57-38-5-11-44-32(24-38)20-31-23-37(4-10-43(31)44)56-48(66)53-15-1-17-63-50(61)58-39-6-12-45-33(25-39)19-30-22-36(55-29-60)3-9-42(30)45/h3-14,22-27H,1-2,15-21H2,(H,58,61)(H,59,62)(H2,53,56,66)(H2,54,57,67). The Kier molecular flexibility index (Phi) is 13.2. The Morgan fingerprint density at radius 1 is 0.537 bits per heavy atom. The molecule has 0 saturated carbocycles. The molecule has 3 aliphatic carbocycles. The molecule has 3 aliphatic rings. The summed E-state index contributed by atoms with van der Waals surface area (Å²) in [5, 5.41) is 28.3. The number of isocyanates is 1. The molecule has 0 bridgehead atoms. The zero-order valence-electron chi connectivity index (χ0n) is 35.9. The van der Waals surface area contributed by atoms with Crippen molar-refractivity contribution in [1.82, 2.24) is 10.6 Å². The number of nitrogens with one attached hydrogen (secondary N) is 6. The molecule has 0 heterocycles. The van der Waals surface area contributed by atoms with E-state index in [0.717, 1.165) is 62.3 Å². The molecule has 0 atom stereocenters. The molecule has 2 amide bonds. The van der Waals surface area contributed by atoms with E-state index in [-0.39, 0.29) is 13.2 Å². The quantitative estimate of drug-likeness (QED) is 0.0199. The lowest BCUT2D eigenvalue weighted by Gasteiger charge is -2.12. The first kappa shape index (κ1) is 44.1. The lowest BCUT2D eigenvalue weighted by atomic mass is 10.1. The third kappa shape index (κ3) is 10.4. The van der Waals surface area contributed by atoms with Gasteiger partial charge in [0.15, 0.2) is 10.2 Å². The van der Waals surface area contributed by atoms with Gasteiger partial charge in [0.1, 0.15) is 5.75 Å². The van der Waals surface area contributed by atoms with E-state index in [1.807, 2.05) is 72.8 Å². The first-order valence-electron chi connectivity index (χ1n) is 21.6. The first-order chi connectivity index (χ1) is 32.7. The summed E-state index contributed by atoms with van der Waals surface area (Å²) in [5.41, 5.74) is 16.9. The lowest BCUT2D eigenvalue weighted by Crippen LogP contribution is -2.30. The van der Waals surface area contributed by atoms with E-state index in [9.17, 15) is 14.4 Å². The van der Waals surface area contributed by atoms with Gasteiger partial charge in [-0.2, -0.15) is 4.99 Å². The van der Waals surface area contributed by atoms with Gasteiger partial charge in [0.05, 0.1) is 18.9 Å². The topological polar surface area (TPSA) is 187 Å². The van der Waals surface area contributed by atoms with Crippen LogP contribution in [0.25, 0.3) is 33.4 Å². The van der Waals surface area contributed by atoms with Crippen LogP contribution in [0.5, 0.6) is 5.75 Å². The maximum absolute atomic E-state index is 12.5. The second-order valence-electron chi connectivity index (χ2n) is 16.1. The predicted octanol–water partition coefficient (Wildman–Crippen LogP) is 10.1. The smallest absolute Gasteiger partial charge is 0.411 e. The molecule has 6 aromatic carbocycles. The minimum Gasteiger partial charge on any atom is -0.449 e. The van der Waals surface area contributed by atoms with Gasteiger partial charge in [-0.15, -0.1) is 5.26 Å². The van der Waals surface area contributed by atoms with E-state index in [0.29, 0.717) is 71.8 Å². The summed E-state index contributed by atoms with van der Waals surface area (Å²) >= 11 is 11.1. The van der Waals surface area contributed by atoms with Crippen LogP contribution in [-0.2, 0) is 33.5 Å². The summed E-state index contributed by atoms with van der Waals surface area (Å²) in [7, 11) is 0. The molecule has 9 rings (SSSR count). The van der Waals surface area contributed by atoms with E-state index in [1.54, 1.807) is 24.5 Å². The van der Waals surface area contributed by atoms with E-state index in [1.165, 1.54) is 22.3 Å². The second kappa shape index (κ2) is 20.0. The lowest BCUT2D eigenvalue weighted by molar-refractivity contribution is 0.159. The minimum absolute atomic E-state index is 0.210. The van der Waals surface area contributed by atoms with Crippen LogP contribution in [0.15, 0.2) is 114 Å². The van der Waals surface area contributed by atoms with E-state index < -0.39 is 12.2 Å². The Bertz CT molecular complexity index is 3070. The fourth-order valence-corrected chi connectivity index (χ4v) is 9.12. The molecule has 0 spiro atoms. The number of nitriles is 1. The second-order valence-corrected chi connectivity index (χ2v) is 16.9. The van der Waals surface area contributed by atoms with Crippen LogP contribution >= 0.6 is 24.4 Å². The Morgan fingerprint density at radius 3 is 1.36 bits per heavy atom. The van der Waals surface area contributed by atoms with Gasteiger partial charge in [0.2, 0.25) is 6.08 Å². The summed E-state index contributed by atoms with van der Waals surface area (Å²) in [6, 6.07) is 35.1. The van der Waals surface area contributed by atoms with Crippen LogP contribution < -0.4 is 36.6 Å². The summed E-state index contributed by atoms with van der Waals surface area (Å²) in [6.07, 6.45) is 5.44. The van der Waals surface area contributed by atoms with E-state index >= 15 is 0 Å². The number of benzene rings is 6. The number of ether oxygens (including phenoxy) is 3. The van der Waals surface area contributed by atoms with Gasteiger partial charge in [-0.25, -0.2) is 14.4 Å². The van der Waals surface area contributed by atoms with Crippen LogP contribution in [0.2, 0.25) is 0 Å². The van der Waals surface area contributed by atoms with Gasteiger partial charge in [-0.3, -0.25) is 10.6 Å². The third-order valence-electron chi connectivity index (χ3n) is 11.6. The monoisotopic (exact) mass is 926 g/mol. The van der Waals surface area contributed by atoms with Crippen molar-refractivity contribution in [3.63, 3.8) is 0 Å². The summed E-state index contributed by atoms with van der Waals surface area (Å²) in [5.74, 6) is 0.506. The van der Waals surface area contributed by atoms with Gasteiger partial charge in [-0.05, 0) is 196 Å². The molecule has 6 aromatic rings. The number of thiocarbonyl (C=S) groups is 2. The van der Waals surface area contributed by atoms with Crippen molar-refractivity contribution in [3.05, 3.63) is 143 Å². The fourth-order valence-electron chi connectivity index (χ4n) is 8.68. The van der Waals surface area contributed by atoms with Gasteiger partial charge in [0, 0.05) is 35.8 Å². The largest absolute Gasteiger partial charge is 0.449 e. The van der Waals surface area contributed by atoms with Crippen molar-refractivity contribution in [1.29, 1.82) is 5.26 Å². The number of fused-ring (bicyclic) bond motifs is 9. The van der Waals surface area contributed by atoms with Crippen molar-refractivity contribution in [2.45, 2.75) is 32.1 Å². The van der Waals surface area contributed by atoms with Crippen molar-refractivity contribution in [2.24, 2.45) is 4.99 Å². The van der Waals surface area contributed by atoms with Crippen molar-refractivity contribution in [3.8, 4) is 45.4 Å². The Morgan fingerprint density at radius 2 is 0.925 bits per heavy atom. The van der Waals surface area contributed by atoms with Crippen LogP contribution in [-0.4, -0.2) is 54.8 Å². The van der Waals surface area contributed by atoms with Gasteiger partial charge < -0.3 is 35.5 Å². The molecular formula is C51H42N8O6S2. The Labute approximate surface area is 396 Å². The van der Waals surface area contributed by atoms with Gasteiger partial charge in [0.25, 0.3) is 6.26 Å². The normalized spacial score (nSPS) is 11.7. The molecule has 0 unspecified atom stereocenters. The zero-order valence-corrected chi connectivity index (χ0v) is 37.5. The predicted molar refractivity (Wildman–Crippen MR) is 266 cm³/mol. The molecule has 16 heteroatoms. The third-order valence-corrected chi connectivity index (χ3v) is 12.1. The highest BCUT2D eigenvalue weighted by atomic mass is 32.1. The molecule has 0 aromatic heterocycles. The molecule has 0 aliphatic heterocycles. The Balaban J connectivity index is 0.646. The minimum atomic E-state index is -0.534. The van der Waals surface area contributed by atoms with Crippen molar-refractivity contribution in [2.75, 3.05) is 47.6 Å². The molecule has 14 nitrogen and oxygen atoms in total. The van der Waals surface area contributed by atoms with Crippen LogP contribution in [0.4, 0.5) is 38.0 Å². The molecule has 334 valence electrons. The molecular weight excluding hydrogens is 885 g/mol. The highest BCUT2D eigenvalue weighted by Crippen LogP contribution is 2.42. The van der Waals surface area contributed by atoms with Crippen LogP contribution in [0.1, 0.15) is 46.2 Å². The average Bonchev–Trinajstić information content (AvgIpc) is 3.98. The maximum atomic E-state index is 12.5.